The van der Waals surface area contributed by atoms with Gasteiger partial charge in [-0.15, -0.1) is 0 Å². The summed E-state index contributed by atoms with van der Waals surface area (Å²) in [6.45, 7) is 5.07. The predicted octanol–water partition coefficient (Wildman–Crippen LogP) is 6.69. The molecule has 0 bridgehead atoms. The highest BCUT2D eigenvalue weighted by Crippen LogP contribution is 2.57. The van der Waals surface area contributed by atoms with Gasteiger partial charge >= 0.3 is 12.2 Å². The first-order valence-electron chi connectivity index (χ1n) is 11.9. The number of alkyl halides is 3. The number of urea groups is 1. The van der Waals surface area contributed by atoms with Gasteiger partial charge < -0.3 is 14.2 Å². The monoisotopic (exact) mass is 500 g/mol. The molecule has 1 spiro atoms. The van der Waals surface area contributed by atoms with Crippen molar-refractivity contribution in [3.05, 3.63) is 65.0 Å². The van der Waals surface area contributed by atoms with Gasteiger partial charge in [-0.1, -0.05) is 17.3 Å². The van der Waals surface area contributed by atoms with Crippen molar-refractivity contribution in [3.8, 4) is 11.6 Å². The standard InChI is InChI=1S/C26H27F3N4O3/c1-16-17(2)32-36-23(16)31-24(34)33-10-8-25(9-11-33)13-19(14-25)18-4-3-5-21(12-18)35-22-7-6-20(15-30-22)26(27,28)29/h3-7,12,15,19H,8-11,13-14H2,1-2H3,(H,31,34). The van der Waals surface area contributed by atoms with Crippen LogP contribution in [0.4, 0.5) is 23.8 Å². The van der Waals surface area contributed by atoms with Crippen molar-refractivity contribution in [1.29, 1.82) is 0 Å². The van der Waals surface area contributed by atoms with E-state index in [4.69, 9.17) is 9.26 Å². The molecule has 2 aliphatic rings. The molecule has 2 aromatic heterocycles. The minimum absolute atomic E-state index is 0.117. The van der Waals surface area contributed by atoms with Crippen LogP contribution in [-0.2, 0) is 6.18 Å². The Hall–Kier alpha value is -3.56. The molecule has 0 atom stereocenters. The summed E-state index contributed by atoms with van der Waals surface area (Å²) in [6.07, 6.45) is 0.291. The minimum Gasteiger partial charge on any atom is -0.439 e. The first kappa shape index (κ1) is 24.1. The topological polar surface area (TPSA) is 80.5 Å². The van der Waals surface area contributed by atoms with Crippen molar-refractivity contribution >= 4 is 11.9 Å². The van der Waals surface area contributed by atoms with Gasteiger partial charge in [-0.2, -0.15) is 13.2 Å². The Labute approximate surface area is 206 Å². The van der Waals surface area contributed by atoms with E-state index in [2.05, 4.69) is 21.5 Å². The molecular weight excluding hydrogens is 473 g/mol. The van der Waals surface area contributed by atoms with E-state index >= 15 is 0 Å². The second-order valence-corrected chi connectivity index (χ2v) is 9.80. The number of ether oxygens (including phenoxy) is 1. The van der Waals surface area contributed by atoms with Gasteiger partial charge in [0.15, 0.2) is 0 Å². The second kappa shape index (κ2) is 9.15. The van der Waals surface area contributed by atoms with E-state index in [1.165, 1.54) is 6.07 Å². The fourth-order valence-corrected chi connectivity index (χ4v) is 5.08. The molecule has 1 saturated heterocycles. The summed E-state index contributed by atoms with van der Waals surface area (Å²) >= 11 is 0. The Morgan fingerprint density at radius 3 is 2.53 bits per heavy atom. The number of rotatable bonds is 4. The molecule has 10 heteroatoms. The number of benzene rings is 1. The number of amides is 2. The molecule has 2 fully saturated rings. The number of hydrogen-bond acceptors (Lipinski definition) is 5. The number of anilines is 1. The van der Waals surface area contributed by atoms with Crippen LogP contribution in [0.5, 0.6) is 11.6 Å². The van der Waals surface area contributed by atoms with Gasteiger partial charge in [0.1, 0.15) is 5.75 Å². The lowest BCUT2D eigenvalue weighted by molar-refractivity contribution is -0.137. The van der Waals surface area contributed by atoms with E-state index < -0.39 is 11.7 Å². The Morgan fingerprint density at radius 2 is 1.92 bits per heavy atom. The SMILES string of the molecule is Cc1noc(NC(=O)N2CCC3(CC2)CC(c2cccc(Oc4ccc(C(F)(F)F)cn4)c2)C3)c1C. The zero-order valence-electron chi connectivity index (χ0n) is 20.1. The highest BCUT2D eigenvalue weighted by atomic mass is 19.4. The number of pyridine rings is 1. The molecule has 2 amide bonds. The number of aryl methyl sites for hydroxylation is 1. The van der Waals surface area contributed by atoms with Gasteiger partial charge in [-0.05, 0) is 74.6 Å². The lowest BCUT2D eigenvalue weighted by Crippen LogP contribution is -2.49. The molecule has 190 valence electrons. The number of halogens is 3. The Kier molecular flexibility index (Phi) is 6.13. The van der Waals surface area contributed by atoms with Crippen molar-refractivity contribution in [2.24, 2.45) is 5.41 Å². The van der Waals surface area contributed by atoms with Crippen LogP contribution in [0.2, 0.25) is 0 Å². The van der Waals surface area contributed by atoms with Crippen LogP contribution in [0.1, 0.15) is 54.0 Å². The summed E-state index contributed by atoms with van der Waals surface area (Å²) in [6, 6.07) is 9.66. The Bertz CT molecular complexity index is 1240. The van der Waals surface area contributed by atoms with Gasteiger partial charge in [0.05, 0.1) is 11.3 Å². The maximum absolute atomic E-state index is 12.7. The average molecular weight is 501 g/mol. The number of aromatic nitrogens is 2. The molecule has 1 aliphatic carbocycles. The number of nitrogens with one attached hydrogen (secondary N) is 1. The molecule has 3 aromatic rings. The fraction of sp³-hybridized carbons (Fsp3) is 0.423. The third-order valence-electron chi connectivity index (χ3n) is 7.46. The molecule has 5 rings (SSSR count). The van der Waals surface area contributed by atoms with Gasteiger partial charge in [-0.3, -0.25) is 5.32 Å². The van der Waals surface area contributed by atoms with Crippen LogP contribution in [0.3, 0.4) is 0 Å². The summed E-state index contributed by atoms with van der Waals surface area (Å²) in [5.74, 6) is 1.45. The lowest BCUT2D eigenvalue weighted by atomic mass is 9.56. The average Bonchev–Trinajstić information content (AvgIpc) is 3.14. The van der Waals surface area contributed by atoms with Crippen molar-refractivity contribution < 1.29 is 27.2 Å². The van der Waals surface area contributed by atoms with Crippen LogP contribution in [-0.4, -0.2) is 34.2 Å². The minimum atomic E-state index is -4.43. The van der Waals surface area contributed by atoms with Crippen LogP contribution >= 0.6 is 0 Å². The van der Waals surface area contributed by atoms with Gasteiger partial charge in [0, 0.05) is 30.9 Å². The van der Waals surface area contributed by atoms with Crippen LogP contribution in [0, 0.1) is 19.3 Å². The summed E-state index contributed by atoms with van der Waals surface area (Å²) in [4.78, 5) is 18.2. The van der Waals surface area contributed by atoms with E-state index in [0.29, 0.717) is 30.6 Å². The van der Waals surface area contributed by atoms with E-state index in [9.17, 15) is 18.0 Å². The van der Waals surface area contributed by atoms with Crippen molar-refractivity contribution in [2.45, 2.75) is 51.6 Å². The maximum Gasteiger partial charge on any atom is 0.417 e. The summed E-state index contributed by atoms with van der Waals surface area (Å²) in [7, 11) is 0. The molecule has 1 aromatic carbocycles. The fourth-order valence-electron chi connectivity index (χ4n) is 5.08. The molecule has 3 heterocycles. The number of nitrogens with zero attached hydrogens (tertiary/aromatic N) is 3. The van der Waals surface area contributed by atoms with Crippen LogP contribution in [0.15, 0.2) is 47.1 Å². The number of likely N-dealkylation sites (tertiary alicyclic amines) is 1. The quantitative estimate of drug-likeness (QED) is 0.432. The maximum atomic E-state index is 12.7. The number of piperidine rings is 1. The smallest absolute Gasteiger partial charge is 0.417 e. The van der Waals surface area contributed by atoms with Crippen LogP contribution in [0.25, 0.3) is 0 Å². The zero-order chi connectivity index (χ0) is 25.5. The zero-order valence-corrected chi connectivity index (χ0v) is 20.1. The largest absolute Gasteiger partial charge is 0.439 e. The third kappa shape index (κ3) is 4.89. The summed E-state index contributed by atoms with van der Waals surface area (Å²) in [5.41, 5.74) is 2.15. The molecule has 7 nitrogen and oxygen atoms in total. The normalized spacial score (nSPS) is 17.6. The number of carbonyl (C=O) groups is 1. The summed E-state index contributed by atoms with van der Waals surface area (Å²) < 4.78 is 49.1. The number of hydrogen-bond donors (Lipinski definition) is 1. The molecular formula is C26H27F3N4O3. The van der Waals surface area contributed by atoms with E-state index in [1.54, 1.807) is 6.07 Å². The third-order valence-corrected chi connectivity index (χ3v) is 7.46. The van der Waals surface area contributed by atoms with Gasteiger partial charge in [0.25, 0.3) is 0 Å². The van der Waals surface area contributed by atoms with Crippen molar-refractivity contribution in [2.75, 3.05) is 18.4 Å². The molecule has 1 saturated carbocycles. The molecule has 0 unspecified atom stereocenters. The van der Waals surface area contributed by atoms with Crippen molar-refractivity contribution in [3.63, 3.8) is 0 Å². The summed E-state index contributed by atoms with van der Waals surface area (Å²) in [5, 5.41) is 6.70. The van der Waals surface area contributed by atoms with Crippen molar-refractivity contribution in [1.82, 2.24) is 15.0 Å². The predicted molar refractivity (Wildman–Crippen MR) is 126 cm³/mol. The lowest BCUT2D eigenvalue weighted by Gasteiger charge is -2.52. The van der Waals surface area contributed by atoms with Gasteiger partial charge in [0.2, 0.25) is 11.8 Å². The Balaban J connectivity index is 1.14. The van der Waals surface area contributed by atoms with E-state index in [1.807, 2.05) is 30.9 Å². The Morgan fingerprint density at radius 1 is 1.17 bits per heavy atom. The number of carbonyl (C=O) groups excluding carboxylic acids is 1. The van der Waals surface area contributed by atoms with E-state index in [-0.39, 0.29) is 17.3 Å². The highest BCUT2D eigenvalue weighted by Gasteiger charge is 2.46. The molecule has 0 radical (unpaired) electrons. The first-order valence-corrected chi connectivity index (χ1v) is 11.9. The highest BCUT2D eigenvalue weighted by molar-refractivity contribution is 5.88. The molecule has 1 N–H and O–H groups in total. The van der Waals surface area contributed by atoms with E-state index in [0.717, 1.165) is 54.8 Å². The van der Waals surface area contributed by atoms with Crippen LogP contribution < -0.4 is 10.1 Å². The first-order chi connectivity index (χ1) is 17.1. The molecule has 36 heavy (non-hydrogen) atoms. The van der Waals surface area contributed by atoms with Gasteiger partial charge in [-0.25, -0.2) is 9.78 Å². The second-order valence-electron chi connectivity index (χ2n) is 9.80. The molecule has 1 aliphatic heterocycles.